The number of ether oxygens (including phenoxy) is 13. The Bertz CT molecular complexity index is 1850. The van der Waals surface area contributed by atoms with Crippen molar-refractivity contribution in [1.82, 2.24) is 0 Å². The van der Waals surface area contributed by atoms with E-state index in [-0.39, 0.29) is 26.4 Å². The molecule has 0 radical (unpaired) electrons. The van der Waals surface area contributed by atoms with Crippen molar-refractivity contribution in [3.05, 3.63) is 51.2 Å². The van der Waals surface area contributed by atoms with E-state index < -0.39 is 116 Å². The normalized spacial score (nSPS) is 25.6. The maximum Gasteiger partial charge on any atom is 0.337 e. The molecule has 0 amide bonds. The number of esters is 4. The summed E-state index contributed by atoms with van der Waals surface area (Å²) < 4.78 is 80.4. The molecule has 2 fully saturated rings. The minimum absolute atomic E-state index is 0.136. The maximum absolute atomic E-state index is 14.1. The van der Waals surface area contributed by atoms with Gasteiger partial charge in [-0.3, -0.25) is 14.4 Å². The summed E-state index contributed by atoms with van der Waals surface area (Å²) in [7, 11) is 1.14. The highest BCUT2D eigenvalue weighted by atomic mass is 32.2. The van der Waals surface area contributed by atoms with Crippen molar-refractivity contribution in [2.45, 2.75) is 197 Å². The number of carbonyl (C=O) groups is 4. The molecule has 24 heteroatoms. The van der Waals surface area contributed by atoms with Crippen LogP contribution in [-0.2, 0) is 80.8 Å². The molecule has 72 heavy (non-hydrogen) atoms. The van der Waals surface area contributed by atoms with Crippen molar-refractivity contribution < 1.29 is 80.8 Å². The molecule has 0 spiro atoms. The number of carbonyl (C=O) groups excluding carboxylic acids is 4. The van der Waals surface area contributed by atoms with Gasteiger partial charge in [0.25, 0.3) is 0 Å². The fraction of sp³-hybridized carbons (Fsp3) is 0.792. The van der Waals surface area contributed by atoms with Gasteiger partial charge in [-0.1, -0.05) is 93.6 Å². The number of azide groups is 2. The monoisotopic (exact) mass is 1040 g/mol. The van der Waals surface area contributed by atoms with Crippen molar-refractivity contribution in [1.29, 1.82) is 0 Å². The third-order valence-corrected chi connectivity index (χ3v) is 12.4. The fourth-order valence-electron chi connectivity index (χ4n) is 7.56. The van der Waals surface area contributed by atoms with Gasteiger partial charge in [0.05, 0.1) is 25.9 Å². The number of hydrogen-bond acceptors (Lipinski definition) is 20. The molecule has 2 saturated heterocycles. The lowest BCUT2D eigenvalue weighted by atomic mass is 9.96. The first-order valence-corrected chi connectivity index (χ1v) is 25.7. The molecule has 2 aliphatic heterocycles. The summed E-state index contributed by atoms with van der Waals surface area (Å²) in [6.45, 7) is 13.3. The van der Waals surface area contributed by atoms with Crippen molar-refractivity contribution in [3.8, 4) is 0 Å². The highest BCUT2D eigenvalue weighted by molar-refractivity contribution is 7.99. The molecule has 406 valence electrons. The number of methoxy groups -OCH3 is 1. The van der Waals surface area contributed by atoms with E-state index in [1.54, 1.807) is 0 Å². The molecule has 1 aromatic carbocycles. The third-order valence-electron chi connectivity index (χ3n) is 11.3. The van der Waals surface area contributed by atoms with Crippen LogP contribution in [0.25, 0.3) is 20.9 Å². The molecule has 2 heterocycles. The van der Waals surface area contributed by atoms with Gasteiger partial charge in [0, 0.05) is 61.9 Å². The summed E-state index contributed by atoms with van der Waals surface area (Å²) in [5, 5.41) is 8.11. The number of unbranched alkanes of at least 4 members (excludes halogenated alkanes) is 4. The predicted octanol–water partition coefficient (Wildman–Crippen LogP) is 7.69. The molecule has 5 unspecified atom stereocenters. The van der Waals surface area contributed by atoms with Crippen LogP contribution >= 0.6 is 11.8 Å². The molecule has 23 nitrogen and oxygen atoms in total. The van der Waals surface area contributed by atoms with Crippen LogP contribution in [0.2, 0.25) is 0 Å². The Morgan fingerprint density at radius 3 is 1.85 bits per heavy atom. The van der Waals surface area contributed by atoms with Crippen molar-refractivity contribution in [2.24, 2.45) is 10.2 Å². The summed E-state index contributed by atoms with van der Waals surface area (Å²) in [4.78, 5) is 58.5. The van der Waals surface area contributed by atoms with Crippen molar-refractivity contribution in [3.63, 3.8) is 0 Å². The second-order valence-corrected chi connectivity index (χ2v) is 18.2. The summed E-state index contributed by atoms with van der Waals surface area (Å²) in [5.41, 5.74) is 18.8. The first kappa shape index (κ1) is 62.0. The number of thioether (sulfide) groups is 1. The molecule has 14 atom stereocenters. The van der Waals surface area contributed by atoms with Gasteiger partial charge in [-0.15, -0.1) is 0 Å². The topological polar surface area (TPSA) is 286 Å². The van der Waals surface area contributed by atoms with E-state index in [1.807, 2.05) is 58.0 Å². The summed E-state index contributed by atoms with van der Waals surface area (Å²) in [6.07, 6.45) is -8.29. The van der Waals surface area contributed by atoms with E-state index >= 15 is 0 Å². The molecular weight excluding hydrogens is 965 g/mol. The average molecular weight is 1040 g/mol. The van der Waals surface area contributed by atoms with E-state index in [1.165, 1.54) is 39.5 Å². The lowest BCUT2D eigenvalue weighted by Crippen LogP contribution is -2.62. The molecule has 0 bridgehead atoms. The lowest BCUT2D eigenvalue weighted by molar-refractivity contribution is -0.319. The molecule has 0 aromatic heterocycles. The summed E-state index contributed by atoms with van der Waals surface area (Å²) in [6, 6.07) is 6.62. The van der Waals surface area contributed by atoms with Gasteiger partial charge in [-0.25, -0.2) is 4.79 Å². The van der Waals surface area contributed by atoms with Crippen LogP contribution in [0.5, 0.6) is 0 Å². The molecule has 0 N–H and O–H groups in total. The second-order valence-electron chi connectivity index (χ2n) is 17.0. The molecule has 2 aliphatic rings. The predicted molar refractivity (Wildman–Crippen MR) is 260 cm³/mol. The SMILES string of the molecule is CCCCOC[C@H](OCCCC)[C@@H](OC(C(=O)OC)[C@H](C)O[C@H]1OC(COC(C)=O)[C@@H](OCCCC)[C@H](OCCCC)C1N=[N+]=[N-])O[C@@H]1C(COC(C)=O)O[C@@H](Sc2ccccc2)C(N=[N+]=[N-])[C@H]1OC(C)=O. The molecular formula is C48H76N6O17S. The molecule has 0 saturated carbocycles. The van der Waals surface area contributed by atoms with Gasteiger partial charge in [0.1, 0.15) is 67.4 Å². The van der Waals surface area contributed by atoms with Gasteiger partial charge >= 0.3 is 23.9 Å². The van der Waals surface area contributed by atoms with Gasteiger partial charge < -0.3 is 61.6 Å². The highest BCUT2D eigenvalue weighted by Crippen LogP contribution is 2.39. The van der Waals surface area contributed by atoms with Crippen LogP contribution in [0.1, 0.15) is 107 Å². The van der Waals surface area contributed by atoms with Gasteiger partial charge in [0.15, 0.2) is 18.7 Å². The second kappa shape index (κ2) is 35.0. The first-order chi connectivity index (χ1) is 34.8. The smallest absolute Gasteiger partial charge is 0.337 e. The number of rotatable bonds is 35. The van der Waals surface area contributed by atoms with Crippen LogP contribution in [0.3, 0.4) is 0 Å². The summed E-state index contributed by atoms with van der Waals surface area (Å²) in [5.74, 6) is -2.95. The number of hydrogen-bond donors (Lipinski definition) is 0. The number of nitrogens with zero attached hydrogens (tertiary/aromatic N) is 6. The van der Waals surface area contributed by atoms with Crippen LogP contribution in [-0.4, -0.2) is 162 Å². The van der Waals surface area contributed by atoms with E-state index in [9.17, 15) is 30.2 Å². The first-order valence-electron chi connectivity index (χ1n) is 24.8. The highest BCUT2D eigenvalue weighted by Gasteiger charge is 2.53. The third kappa shape index (κ3) is 20.9. The van der Waals surface area contributed by atoms with Gasteiger partial charge in [0.2, 0.25) is 0 Å². The Labute approximate surface area is 426 Å². The van der Waals surface area contributed by atoms with Crippen molar-refractivity contribution in [2.75, 3.05) is 53.4 Å². The van der Waals surface area contributed by atoms with Crippen LogP contribution in [0, 0.1) is 0 Å². The lowest BCUT2D eigenvalue weighted by Gasteiger charge is -2.46. The van der Waals surface area contributed by atoms with Crippen LogP contribution in [0.4, 0.5) is 0 Å². The van der Waals surface area contributed by atoms with Crippen molar-refractivity contribution >= 4 is 35.6 Å². The molecule has 0 aliphatic carbocycles. The Balaban J connectivity index is 2.22. The zero-order valence-electron chi connectivity index (χ0n) is 43.1. The Morgan fingerprint density at radius 2 is 1.28 bits per heavy atom. The van der Waals surface area contributed by atoms with Gasteiger partial charge in [-0.2, -0.15) is 0 Å². The zero-order valence-corrected chi connectivity index (χ0v) is 43.9. The quantitative estimate of drug-likeness (QED) is 0.0120. The van der Waals surface area contributed by atoms with Crippen LogP contribution < -0.4 is 0 Å². The number of benzene rings is 1. The van der Waals surface area contributed by atoms with E-state index in [4.69, 9.17) is 61.6 Å². The van der Waals surface area contributed by atoms with Gasteiger partial charge in [-0.05, 0) is 55.8 Å². The largest absolute Gasteiger partial charge is 0.467 e. The minimum atomic E-state index is -1.69. The fourth-order valence-corrected chi connectivity index (χ4v) is 8.69. The van der Waals surface area contributed by atoms with E-state index in [2.05, 4.69) is 20.1 Å². The Morgan fingerprint density at radius 1 is 0.708 bits per heavy atom. The minimum Gasteiger partial charge on any atom is -0.467 e. The Hall–Kier alpha value is -4.29. The zero-order chi connectivity index (χ0) is 52.8. The standard InChI is InChI=1S/C48H76N6O17S/c1-10-14-23-60-27-37(61-24-15-11-2)46(71-42-36(29-65-32(7)56)69-48(72-34-21-19-18-20-22-34)39(52-54-50)44(42)67-33(8)57)70-40(45(58)59-9)30(5)66-47-38(51-53-49)43(63-26-17-13-4)41(62-25-16-12-3)35(68-47)28-64-31(6)55/h18-22,30,35-44,46-48H,10-17,23-29H2,1-9H3/t30-,35?,36?,37-,38?,39?,40?,41+,42+,43+,44+,46-,47-,48-/m0/s1. The molecule has 1 aromatic rings. The maximum atomic E-state index is 14.1. The summed E-state index contributed by atoms with van der Waals surface area (Å²) >= 11 is 1.18. The van der Waals surface area contributed by atoms with E-state index in [0.29, 0.717) is 38.9 Å². The molecule has 3 rings (SSSR count). The van der Waals surface area contributed by atoms with E-state index in [0.717, 1.165) is 37.7 Å². The van der Waals surface area contributed by atoms with Crippen LogP contribution in [0.15, 0.2) is 45.5 Å². The average Bonchev–Trinajstić information content (AvgIpc) is 3.35. The Kier molecular flexibility index (Phi) is 30.1.